The molecule has 3 heteroatoms. The van der Waals surface area contributed by atoms with E-state index in [0.717, 1.165) is 84.6 Å². The summed E-state index contributed by atoms with van der Waals surface area (Å²) < 4.78 is 13.3. The monoisotopic (exact) mass is 981 g/mol. The Hall–Kier alpha value is -9.96. The molecule has 4 aliphatic rings. The molecule has 0 atom stereocenters. The summed E-state index contributed by atoms with van der Waals surface area (Å²) in [5.74, 6) is 3.57. The Morgan fingerprint density at radius 2 is 0.610 bits per heavy atom. The molecule has 0 bridgehead atoms. The molecule has 2 spiro atoms. The zero-order valence-corrected chi connectivity index (χ0v) is 41.9. The highest BCUT2D eigenvalue weighted by Gasteiger charge is 2.53. The van der Waals surface area contributed by atoms with Crippen LogP contribution in [0.5, 0.6) is 23.0 Å². The van der Waals surface area contributed by atoms with Crippen molar-refractivity contribution < 1.29 is 9.47 Å². The molecule has 0 saturated heterocycles. The van der Waals surface area contributed by atoms with Crippen LogP contribution in [0.4, 0.5) is 17.1 Å². The highest BCUT2D eigenvalue weighted by atomic mass is 16.5. The van der Waals surface area contributed by atoms with Gasteiger partial charge < -0.3 is 14.4 Å². The molecule has 77 heavy (non-hydrogen) atoms. The lowest BCUT2D eigenvalue weighted by Gasteiger charge is -2.39. The molecule has 0 aromatic heterocycles. The minimum Gasteiger partial charge on any atom is -0.457 e. The Morgan fingerprint density at radius 1 is 0.221 bits per heavy atom. The van der Waals surface area contributed by atoms with Crippen molar-refractivity contribution in [2.24, 2.45) is 0 Å². The molecule has 0 N–H and O–H groups in total. The van der Waals surface area contributed by atoms with Gasteiger partial charge in [0.15, 0.2) is 0 Å². The molecule has 2 aliphatic heterocycles. The second-order valence-corrected chi connectivity index (χ2v) is 20.6. The average molecular weight is 982 g/mol. The number of para-hydroxylation sites is 4. The normalized spacial score (nSPS) is 13.9. The maximum absolute atomic E-state index is 6.67. The Labute approximate surface area is 448 Å². The number of rotatable bonds is 6. The quantitative estimate of drug-likeness (QED) is 0.166. The molecular formula is C74H47NO2. The first-order valence-corrected chi connectivity index (χ1v) is 26.6. The molecule has 12 aromatic rings. The van der Waals surface area contributed by atoms with E-state index in [1.165, 1.54) is 55.6 Å². The van der Waals surface area contributed by atoms with E-state index in [4.69, 9.17) is 9.47 Å². The van der Waals surface area contributed by atoms with E-state index in [1.54, 1.807) is 0 Å². The lowest BCUT2D eigenvalue weighted by atomic mass is 9.66. The van der Waals surface area contributed by atoms with Gasteiger partial charge in [0.05, 0.1) is 10.8 Å². The molecule has 2 heterocycles. The van der Waals surface area contributed by atoms with Crippen LogP contribution in [-0.2, 0) is 10.8 Å². The van der Waals surface area contributed by atoms with Crippen LogP contribution < -0.4 is 14.4 Å². The van der Waals surface area contributed by atoms with Crippen molar-refractivity contribution >= 4 is 17.1 Å². The van der Waals surface area contributed by atoms with Crippen molar-refractivity contribution in [3.63, 3.8) is 0 Å². The van der Waals surface area contributed by atoms with Crippen LogP contribution in [0.25, 0.3) is 55.6 Å². The van der Waals surface area contributed by atoms with Crippen LogP contribution in [0, 0.1) is 0 Å². The maximum atomic E-state index is 6.67. The molecule has 0 fully saturated rings. The topological polar surface area (TPSA) is 21.7 Å². The first-order valence-electron chi connectivity index (χ1n) is 26.6. The summed E-state index contributed by atoms with van der Waals surface area (Å²) in [6.07, 6.45) is 0. The number of ether oxygens (including phenoxy) is 2. The van der Waals surface area contributed by atoms with Crippen LogP contribution in [-0.4, -0.2) is 0 Å². The van der Waals surface area contributed by atoms with Gasteiger partial charge in [-0.1, -0.05) is 218 Å². The van der Waals surface area contributed by atoms with Crippen molar-refractivity contribution in [3.8, 4) is 78.6 Å². The largest absolute Gasteiger partial charge is 0.457 e. The zero-order valence-electron chi connectivity index (χ0n) is 41.9. The molecular weight excluding hydrogens is 935 g/mol. The highest BCUT2D eigenvalue weighted by molar-refractivity contribution is 5.98. The summed E-state index contributed by atoms with van der Waals surface area (Å²) in [7, 11) is 0. The summed E-state index contributed by atoms with van der Waals surface area (Å²) in [5, 5.41) is 0. The molecule has 0 saturated carbocycles. The van der Waals surface area contributed by atoms with Gasteiger partial charge in [-0.15, -0.1) is 0 Å². The summed E-state index contributed by atoms with van der Waals surface area (Å²) in [6, 6.07) is 104. The average Bonchev–Trinajstić information content (AvgIpc) is 4.18. The van der Waals surface area contributed by atoms with Crippen molar-refractivity contribution in [1.29, 1.82) is 0 Å². The van der Waals surface area contributed by atoms with Gasteiger partial charge in [0.1, 0.15) is 23.0 Å². The third-order valence-corrected chi connectivity index (χ3v) is 16.8. The third-order valence-electron chi connectivity index (χ3n) is 16.8. The molecule has 0 radical (unpaired) electrons. The Balaban J connectivity index is 0.846. The van der Waals surface area contributed by atoms with Crippen LogP contribution in [0.1, 0.15) is 44.5 Å². The van der Waals surface area contributed by atoms with E-state index in [9.17, 15) is 0 Å². The SMILES string of the molecule is c1ccc(-c2cccc(N(c3ccc(-c4ccc5c(c4)C4(c6ccccc6Oc6ccccc64)c4ccccc4-5)cc3)c3cccc(-c4cccc5c4-c4ccccc4C54c5ccccc5Oc5ccccc54)c3)c2)cc1. The predicted molar refractivity (Wildman–Crippen MR) is 312 cm³/mol. The molecule has 12 aromatic carbocycles. The van der Waals surface area contributed by atoms with Gasteiger partial charge >= 0.3 is 0 Å². The van der Waals surface area contributed by atoms with Gasteiger partial charge in [-0.2, -0.15) is 0 Å². The lowest BCUT2D eigenvalue weighted by molar-refractivity contribution is 0.436. The minimum absolute atomic E-state index is 0.541. The zero-order chi connectivity index (χ0) is 50.7. The fourth-order valence-corrected chi connectivity index (χ4v) is 13.7. The Kier molecular flexibility index (Phi) is 9.47. The van der Waals surface area contributed by atoms with Gasteiger partial charge in [0.25, 0.3) is 0 Å². The molecule has 0 unspecified atom stereocenters. The van der Waals surface area contributed by atoms with Crippen LogP contribution in [0.15, 0.2) is 285 Å². The van der Waals surface area contributed by atoms with E-state index in [1.807, 2.05) is 0 Å². The van der Waals surface area contributed by atoms with Gasteiger partial charge in [0, 0.05) is 39.3 Å². The van der Waals surface area contributed by atoms with Crippen molar-refractivity contribution in [2.75, 3.05) is 4.90 Å². The molecule has 360 valence electrons. The van der Waals surface area contributed by atoms with E-state index in [2.05, 4.69) is 290 Å². The summed E-state index contributed by atoms with van der Waals surface area (Å²) in [6.45, 7) is 0. The first-order chi connectivity index (χ1) is 38.2. The Morgan fingerprint density at radius 3 is 1.22 bits per heavy atom. The first kappa shape index (κ1) is 43.4. The van der Waals surface area contributed by atoms with Crippen LogP contribution in [0.3, 0.4) is 0 Å². The third kappa shape index (κ3) is 6.20. The summed E-state index contributed by atoms with van der Waals surface area (Å²) >= 11 is 0. The second kappa shape index (κ2) is 16.8. The van der Waals surface area contributed by atoms with E-state index < -0.39 is 10.8 Å². The number of benzene rings is 12. The summed E-state index contributed by atoms with van der Waals surface area (Å²) in [4.78, 5) is 2.41. The van der Waals surface area contributed by atoms with Crippen molar-refractivity contribution in [2.45, 2.75) is 10.8 Å². The fourth-order valence-electron chi connectivity index (χ4n) is 13.7. The standard InChI is InChI=1S/C74H47NO2/c1-2-19-48(20-3-1)50-21-16-23-54(45-50)75(53-42-39-49(40-43-53)51-41-44-58-57-25-4-6-28-60(57)74(67(58)47-51)64-32-10-14-37-70(64)77-71-38-15-11-33-65(71)74)55-24-17-22-52(46-55)56-27-18-34-66-72(56)59-26-5-7-29-61(59)73(66)62-30-8-12-35-68(62)76-69-36-13-9-31-63(69)73/h1-47H. The van der Waals surface area contributed by atoms with Gasteiger partial charge in [0.2, 0.25) is 0 Å². The van der Waals surface area contributed by atoms with Gasteiger partial charge in [-0.05, 0) is 145 Å². The number of hydrogen-bond acceptors (Lipinski definition) is 3. The number of nitrogens with zero attached hydrogens (tertiary/aromatic N) is 1. The molecule has 16 rings (SSSR count). The second-order valence-electron chi connectivity index (χ2n) is 20.6. The van der Waals surface area contributed by atoms with E-state index >= 15 is 0 Å². The van der Waals surface area contributed by atoms with E-state index in [0.29, 0.717) is 0 Å². The predicted octanol–water partition coefficient (Wildman–Crippen LogP) is 19.1. The Bertz CT molecular complexity index is 4270. The maximum Gasteiger partial charge on any atom is 0.132 e. The van der Waals surface area contributed by atoms with Gasteiger partial charge in [-0.25, -0.2) is 0 Å². The summed E-state index contributed by atoms with van der Waals surface area (Å²) in [5.41, 5.74) is 23.8. The number of fused-ring (bicyclic) bond motifs is 18. The number of hydrogen-bond donors (Lipinski definition) is 0. The number of anilines is 3. The van der Waals surface area contributed by atoms with Crippen LogP contribution in [0.2, 0.25) is 0 Å². The van der Waals surface area contributed by atoms with E-state index in [-0.39, 0.29) is 0 Å². The highest BCUT2D eigenvalue weighted by Crippen LogP contribution is 2.65. The molecule has 2 aliphatic carbocycles. The fraction of sp³-hybridized carbons (Fsp3) is 0.0270. The smallest absolute Gasteiger partial charge is 0.132 e. The minimum atomic E-state index is -0.556. The van der Waals surface area contributed by atoms with Crippen molar-refractivity contribution in [1.82, 2.24) is 0 Å². The van der Waals surface area contributed by atoms with Crippen molar-refractivity contribution in [3.05, 3.63) is 330 Å². The van der Waals surface area contributed by atoms with Gasteiger partial charge in [-0.3, -0.25) is 0 Å². The molecule has 3 nitrogen and oxygen atoms in total. The van der Waals surface area contributed by atoms with Crippen LogP contribution >= 0.6 is 0 Å². The molecule has 0 amide bonds. The lowest BCUT2D eigenvalue weighted by Crippen LogP contribution is -2.32.